The topological polar surface area (TPSA) is 55.6 Å². The Bertz CT molecular complexity index is 445. The van der Waals surface area contributed by atoms with Gasteiger partial charge in [0, 0.05) is 27.1 Å². The Kier molecular flexibility index (Phi) is 3.99. The monoisotopic (exact) mass is 248 g/mol. The van der Waals surface area contributed by atoms with Crippen molar-refractivity contribution in [2.75, 3.05) is 20.3 Å². The van der Waals surface area contributed by atoms with E-state index in [1.165, 1.54) is 11.1 Å². The first kappa shape index (κ1) is 13.1. The standard InChI is InChI=1S/C14H20N2O2/c1-10(17)16-6-5-11-3-4-12(7-13(11)8-16)14(15)9-18-2/h3-4,7,14H,5-6,8-9,15H2,1-2H3. The maximum Gasteiger partial charge on any atom is 0.219 e. The molecule has 0 radical (unpaired) electrons. The van der Waals surface area contributed by atoms with Crippen molar-refractivity contribution in [2.24, 2.45) is 5.73 Å². The van der Waals surface area contributed by atoms with E-state index in [1.54, 1.807) is 14.0 Å². The van der Waals surface area contributed by atoms with Crippen molar-refractivity contribution in [1.29, 1.82) is 0 Å². The van der Waals surface area contributed by atoms with E-state index in [-0.39, 0.29) is 11.9 Å². The van der Waals surface area contributed by atoms with E-state index in [2.05, 4.69) is 18.2 Å². The number of carbonyl (C=O) groups excluding carboxylic acids is 1. The van der Waals surface area contributed by atoms with Crippen LogP contribution in [0.25, 0.3) is 0 Å². The number of carbonyl (C=O) groups is 1. The molecule has 4 heteroatoms. The van der Waals surface area contributed by atoms with Crippen LogP contribution < -0.4 is 5.73 Å². The van der Waals surface area contributed by atoms with Gasteiger partial charge in [0.2, 0.25) is 5.91 Å². The molecule has 0 saturated carbocycles. The summed E-state index contributed by atoms with van der Waals surface area (Å²) in [6, 6.07) is 6.19. The number of benzene rings is 1. The van der Waals surface area contributed by atoms with Crippen molar-refractivity contribution >= 4 is 5.91 Å². The molecule has 1 amide bonds. The molecule has 1 heterocycles. The summed E-state index contributed by atoms with van der Waals surface area (Å²) in [5, 5.41) is 0. The number of nitrogens with zero attached hydrogens (tertiary/aromatic N) is 1. The Hall–Kier alpha value is -1.39. The molecule has 0 spiro atoms. The third kappa shape index (κ3) is 2.71. The van der Waals surface area contributed by atoms with Gasteiger partial charge in [0.15, 0.2) is 0 Å². The van der Waals surface area contributed by atoms with E-state index in [0.717, 1.165) is 18.5 Å². The first-order valence-corrected chi connectivity index (χ1v) is 6.23. The molecule has 4 nitrogen and oxygen atoms in total. The summed E-state index contributed by atoms with van der Waals surface area (Å²) in [6.45, 7) is 3.63. The fourth-order valence-corrected chi connectivity index (χ4v) is 2.35. The van der Waals surface area contributed by atoms with Gasteiger partial charge in [-0.3, -0.25) is 4.79 Å². The molecule has 1 aromatic carbocycles. The lowest BCUT2D eigenvalue weighted by molar-refractivity contribution is -0.129. The number of amides is 1. The summed E-state index contributed by atoms with van der Waals surface area (Å²) < 4.78 is 5.07. The van der Waals surface area contributed by atoms with Crippen molar-refractivity contribution in [3.63, 3.8) is 0 Å². The van der Waals surface area contributed by atoms with Gasteiger partial charge in [0.25, 0.3) is 0 Å². The average Bonchev–Trinajstić information content (AvgIpc) is 2.37. The fourth-order valence-electron chi connectivity index (χ4n) is 2.35. The van der Waals surface area contributed by atoms with Crippen LogP contribution in [0, 0.1) is 0 Å². The molecule has 1 aromatic rings. The molecule has 2 N–H and O–H groups in total. The summed E-state index contributed by atoms with van der Waals surface area (Å²) in [5.41, 5.74) is 9.63. The van der Waals surface area contributed by atoms with Gasteiger partial charge in [-0.25, -0.2) is 0 Å². The Morgan fingerprint density at radius 1 is 1.50 bits per heavy atom. The molecule has 1 aliphatic heterocycles. The van der Waals surface area contributed by atoms with E-state index in [0.29, 0.717) is 13.2 Å². The third-order valence-corrected chi connectivity index (χ3v) is 3.46. The minimum absolute atomic E-state index is 0.104. The minimum atomic E-state index is -0.104. The predicted octanol–water partition coefficient (Wildman–Crippen LogP) is 1.24. The van der Waals surface area contributed by atoms with Gasteiger partial charge in [-0.2, -0.15) is 0 Å². The van der Waals surface area contributed by atoms with Gasteiger partial charge in [-0.05, 0) is 23.1 Å². The fraction of sp³-hybridized carbons (Fsp3) is 0.500. The van der Waals surface area contributed by atoms with Crippen molar-refractivity contribution in [3.05, 3.63) is 34.9 Å². The van der Waals surface area contributed by atoms with E-state index >= 15 is 0 Å². The van der Waals surface area contributed by atoms with Gasteiger partial charge in [0.1, 0.15) is 0 Å². The van der Waals surface area contributed by atoms with Crippen LogP contribution in [0.5, 0.6) is 0 Å². The molecule has 2 rings (SSSR count). The second kappa shape index (κ2) is 5.50. The van der Waals surface area contributed by atoms with Gasteiger partial charge >= 0.3 is 0 Å². The summed E-state index contributed by atoms with van der Waals surface area (Å²) in [7, 11) is 1.65. The first-order valence-electron chi connectivity index (χ1n) is 6.23. The lowest BCUT2D eigenvalue weighted by Crippen LogP contribution is -2.34. The van der Waals surface area contributed by atoms with Crippen LogP contribution in [0.3, 0.4) is 0 Å². The zero-order valence-corrected chi connectivity index (χ0v) is 11.0. The number of hydrogen-bond acceptors (Lipinski definition) is 3. The second-order valence-corrected chi connectivity index (χ2v) is 4.78. The molecular weight excluding hydrogens is 228 g/mol. The summed E-state index contributed by atoms with van der Waals surface area (Å²) in [5.74, 6) is 0.132. The van der Waals surface area contributed by atoms with Crippen molar-refractivity contribution in [2.45, 2.75) is 25.9 Å². The van der Waals surface area contributed by atoms with E-state index < -0.39 is 0 Å². The number of fused-ring (bicyclic) bond motifs is 1. The number of hydrogen-bond donors (Lipinski definition) is 1. The third-order valence-electron chi connectivity index (χ3n) is 3.46. The molecule has 0 saturated heterocycles. The summed E-state index contributed by atoms with van der Waals surface area (Å²) in [4.78, 5) is 13.3. The molecule has 0 aliphatic carbocycles. The van der Waals surface area contributed by atoms with Crippen LogP contribution in [-0.2, 0) is 22.5 Å². The number of ether oxygens (including phenoxy) is 1. The zero-order valence-electron chi connectivity index (χ0n) is 11.0. The quantitative estimate of drug-likeness (QED) is 0.875. The van der Waals surface area contributed by atoms with Gasteiger partial charge < -0.3 is 15.4 Å². The predicted molar refractivity (Wildman–Crippen MR) is 70.0 cm³/mol. The van der Waals surface area contributed by atoms with E-state index in [1.807, 2.05) is 4.90 Å². The molecule has 1 unspecified atom stereocenters. The van der Waals surface area contributed by atoms with E-state index in [4.69, 9.17) is 10.5 Å². The molecule has 0 aromatic heterocycles. The van der Waals surface area contributed by atoms with Crippen LogP contribution >= 0.6 is 0 Å². The van der Waals surface area contributed by atoms with Gasteiger partial charge in [-0.15, -0.1) is 0 Å². The maximum atomic E-state index is 11.4. The van der Waals surface area contributed by atoms with Crippen LogP contribution in [-0.4, -0.2) is 31.1 Å². The van der Waals surface area contributed by atoms with Crippen LogP contribution in [0.2, 0.25) is 0 Å². The molecule has 1 atom stereocenters. The highest BCUT2D eigenvalue weighted by Crippen LogP contribution is 2.22. The maximum absolute atomic E-state index is 11.4. The van der Waals surface area contributed by atoms with Crippen molar-refractivity contribution in [1.82, 2.24) is 4.90 Å². The lowest BCUT2D eigenvalue weighted by atomic mass is 9.95. The second-order valence-electron chi connectivity index (χ2n) is 4.78. The lowest BCUT2D eigenvalue weighted by Gasteiger charge is -2.28. The molecular formula is C14H20N2O2. The highest BCUT2D eigenvalue weighted by Gasteiger charge is 2.19. The molecule has 18 heavy (non-hydrogen) atoms. The highest BCUT2D eigenvalue weighted by atomic mass is 16.5. The van der Waals surface area contributed by atoms with Gasteiger partial charge in [-0.1, -0.05) is 18.2 Å². The highest BCUT2D eigenvalue weighted by molar-refractivity contribution is 5.73. The van der Waals surface area contributed by atoms with Gasteiger partial charge in [0.05, 0.1) is 12.6 Å². The molecule has 1 aliphatic rings. The SMILES string of the molecule is COCC(N)c1ccc2c(c1)CN(C(C)=O)CC2. The minimum Gasteiger partial charge on any atom is -0.383 e. The summed E-state index contributed by atoms with van der Waals surface area (Å²) in [6.07, 6.45) is 0.925. The summed E-state index contributed by atoms with van der Waals surface area (Å²) >= 11 is 0. The molecule has 0 bridgehead atoms. The Morgan fingerprint density at radius 3 is 2.94 bits per heavy atom. The van der Waals surface area contributed by atoms with E-state index in [9.17, 15) is 4.79 Å². The van der Waals surface area contributed by atoms with Crippen LogP contribution in [0.4, 0.5) is 0 Å². The van der Waals surface area contributed by atoms with Crippen molar-refractivity contribution < 1.29 is 9.53 Å². The number of rotatable bonds is 3. The smallest absolute Gasteiger partial charge is 0.219 e. The molecule has 0 fully saturated rings. The number of methoxy groups -OCH3 is 1. The Labute approximate surface area is 108 Å². The number of nitrogens with two attached hydrogens (primary N) is 1. The van der Waals surface area contributed by atoms with Crippen LogP contribution in [0.15, 0.2) is 18.2 Å². The van der Waals surface area contributed by atoms with Crippen LogP contribution in [0.1, 0.15) is 29.7 Å². The zero-order chi connectivity index (χ0) is 13.1. The average molecular weight is 248 g/mol. The normalized spacial score (nSPS) is 16.3. The molecule has 98 valence electrons. The first-order chi connectivity index (χ1) is 8.61. The Balaban J connectivity index is 2.20. The Morgan fingerprint density at radius 2 is 2.28 bits per heavy atom. The largest absolute Gasteiger partial charge is 0.383 e. The van der Waals surface area contributed by atoms with Crippen molar-refractivity contribution in [3.8, 4) is 0 Å².